The maximum atomic E-state index is 11.7. The second kappa shape index (κ2) is 6.24. The lowest BCUT2D eigenvalue weighted by Crippen LogP contribution is -2.08. The number of hydrogen-bond acceptors (Lipinski definition) is 3. The molecule has 0 radical (unpaired) electrons. The summed E-state index contributed by atoms with van der Waals surface area (Å²) < 4.78 is 23.3. The number of anilines is 1. The Kier molecular flexibility index (Phi) is 4.64. The van der Waals surface area contributed by atoms with E-state index in [2.05, 4.69) is 11.4 Å². The van der Waals surface area contributed by atoms with Gasteiger partial charge < -0.3 is 5.32 Å². The molecule has 1 aliphatic rings. The SMILES string of the molecule is CS(=O)(=O)c1ccccc1NCCC1=CCCCC1. The molecule has 4 heteroatoms. The standard InChI is InChI=1S/C15H21NO2S/c1-19(17,18)15-10-6-5-9-14(15)16-12-11-13-7-3-2-4-8-13/h5-7,9-10,16H,2-4,8,11-12H2,1H3. The number of para-hydroxylation sites is 1. The third kappa shape index (κ3) is 4.10. The molecule has 1 N–H and O–H groups in total. The fraction of sp³-hybridized carbons (Fsp3) is 0.467. The number of allylic oxidation sites excluding steroid dienone is 1. The molecule has 0 aliphatic heterocycles. The molecule has 0 heterocycles. The predicted octanol–water partition coefficient (Wildman–Crippen LogP) is 3.39. The van der Waals surface area contributed by atoms with Crippen LogP contribution in [0.15, 0.2) is 40.8 Å². The lowest BCUT2D eigenvalue weighted by molar-refractivity contribution is 0.602. The zero-order valence-corrected chi connectivity index (χ0v) is 12.2. The second-order valence-electron chi connectivity index (χ2n) is 5.05. The quantitative estimate of drug-likeness (QED) is 0.840. The van der Waals surface area contributed by atoms with Crippen molar-refractivity contribution in [2.24, 2.45) is 0 Å². The van der Waals surface area contributed by atoms with Crippen LogP contribution in [0.4, 0.5) is 5.69 Å². The third-order valence-corrected chi connectivity index (χ3v) is 4.59. The van der Waals surface area contributed by atoms with Gasteiger partial charge in [0.1, 0.15) is 0 Å². The van der Waals surface area contributed by atoms with Crippen molar-refractivity contribution in [3.8, 4) is 0 Å². The van der Waals surface area contributed by atoms with Gasteiger partial charge in [-0.1, -0.05) is 23.8 Å². The van der Waals surface area contributed by atoms with Crippen molar-refractivity contribution in [2.45, 2.75) is 37.0 Å². The summed E-state index contributed by atoms with van der Waals surface area (Å²) in [7, 11) is -3.17. The van der Waals surface area contributed by atoms with Gasteiger partial charge in [-0.05, 0) is 44.2 Å². The van der Waals surface area contributed by atoms with Gasteiger partial charge in [-0.15, -0.1) is 0 Å². The van der Waals surface area contributed by atoms with Gasteiger partial charge in [0.2, 0.25) is 0 Å². The Morgan fingerprint density at radius 1 is 1.21 bits per heavy atom. The molecule has 0 aromatic heterocycles. The Labute approximate surface area is 115 Å². The number of rotatable bonds is 5. The summed E-state index contributed by atoms with van der Waals surface area (Å²) >= 11 is 0. The Morgan fingerprint density at radius 2 is 2.00 bits per heavy atom. The first-order chi connectivity index (χ1) is 9.07. The minimum Gasteiger partial charge on any atom is -0.384 e. The fourth-order valence-corrected chi connectivity index (χ4v) is 3.29. The highest BCUT2D eigenvalue weighted by Crippen LogP contribution is 2.23. The van der Waals surface area contributed by atoms with E-state index in [1.165, 1.54) is 37.5 Å². The second-order valence-corrected chi connectivity index (χ2v) is 7.04. The normalized spacial score (nSPS) is 15.9. The van der Waals surface area contributed by atoms with Gasteiger partial charge in [0.25, 0.3) is 0 Å². The molecular weight excluding hydrogens is 258 g/mol. The molecule has 1 aromatic carbocycles. The van der Waals surface area contributed by atoms with Crippen LogP contribution in [0.2, 0.25) is 0 Å². The van der Waals surface area contributed by atoms with Gasteiger partial charge in [-0.25, -0.2) is 8.42 Å². The monoisotopic (exact) mass is 279 g/mol. The summed E-state index contributed by atoms with van der Waals surface area (Å²) in [6.07, 6.45) is 9.53. The van der Waals surface area contributed by atoms with E-state index in [0.29, 0.717) is 10.6 Å². The molecule has 104 valence electrons. The zero-order valence-electron chi connectivity index (χ0n) is 11.4. The zero-order chi connectivity index (χ0) is 13.7. The van der Waals surface area contributed by atoms with E-state index < -0.39 is 9.84 Å². The Bertz CT molecular complexity index is 561. The molecule has 2 rings (SSSR count). The van der Waals surface area contributed by atoms with E-state index in [-0.39, 0.29) is 0 Å². The van der Waals surface area contributed by atoms with Gasteiger partial charge in [-0.2, -0.15) is 0 Å². The molecule has 1 aromatic rings. The van der Waals surface area contributed by atoms with Crippen LogP contribution in [0, 0.1) is 0 Å². The Balaban J connectivity index is 1.98. The fourth-order valence-electron chi connectivity index (χ4n) is 2.43. The van der Waals surface area contributed by atoms with E-state index in [1.807, 2.05) is 12.1 Å². The van der Waals surface area contributed by atoms with Crippen LogP contribution < -0.4 is 5.32 Å². The van der Waals surface area contributed by atoms with Gasteiger partial charge in [0.05, 0.1) is 10.6 Å². The maximum absolute atomic E-state index is 11.7. The molecule has 0 bridgehead atoms. The van der Waals surface area contributed by atoms with E-state index in [9.17, 15) is 8.42 Å². The highest BCUT2D eigenvalue weighted by Gasteiger charge is 2.12. The number of hydrogen-bond donors (Lipinski definition) is 1. The molecule has 0 saturated heterocycles. The van der Waals surface area contributed by atoms with E-state index in [1.54, 1.807) is 12.1 Å². The topological polar surface area (TPSA) is 46.2 Å². The van der Waals surface area contributed by atoms with Gasteiger partial charge in [0.15, 0.2) is 9.84 Å². The molecule has 3 nitrogen and oxygen atoms in total. The summed E-state index contributed by atoms with van der Waals surface area (Å²) in [4.78, 5) is 0.382. The van der Waals surface area contributed by atoms with E-state index in [0.717, 1.165) is 13.0 Å². The van der Waals surface area contributed by atoms with E-state index in [4.69, 9.17) is 0 Å². The Morgan fingerprint density at radius 3 is 2.68 bits per heavy atom. The molecule has 0 spiro atoms. The van der Waals surface area contributed by atoms with Crippen molar-refractivity contribution in [1.82, 2.24) is 0 Å². The number of sulfone groups is 1. The first kappa shape index (κ1) is 14.1. The van der Waals surface area contributed by atoms with Crippen molar-refractivity contribution in [1.29, 1.82) is 0 Å². The van der Waals surface area contributed by atoms with Crippen LogP contribution in [0.25, 0.3) is 0 Å². The van der Waals surface area contributed by atoms with Gasteiger partial charge in [-0.3, -0.25) is 0 Å². The molecule has 0 fully saturated rings. The minimum absolute atomic E-state index is 0.382. The summed E-state index contributed by atoms with van der Waals surface area (Å²) in [6, 6.07) is 7.09. The highest BCUT2D eigenvalue weighted by molar-refractivity contribution is 7.90. The Hall–Kier alpha value is -1.29. The lowest BCUT2D eigenvalue weighted by Gasteiger charge is -2.14. The largest absolute Gasteiger partial charge is 0.384 e. The smallest absolute Gasteiger partial charge is 0.177 e. The van der Waals surface area contributed by atoms with Crippen LogP contribution >= 0.6 is 0 Å². The average Bonchev–Trinajstić information content (AvgIpc) is 2.39. The first-order valence-corrected chi connectivity index (χ1v) is 8.67. The molecular formula is C15H21NO2S. The number of nitrogens with one attached hydrogen (secondary N) is 1. The van der Waals surface area contributed by atoms with Crippen molar-refractivity contribution in [2.75, 3.05) is 18.1 Å². The average molecular weight is 279 g/mol. The van der Waals surface area contributed by atoms with Crippen LogP contribution in [0.1, 0.15) is 32.1 Å². The number of benzene rings is 1. The van der Waals surface area contributed by atoms with Crippen LogP contribution in [-0.2, 0) is 9.84 Å². The molecule has 1 aliphatic carbocycles. The summed E-state index contributed by atoms with van der Waals surface area (Å²) in [5.41, 5.74) is 2.21. The lowest BCUT2D eigenvalue weighted by atomic mass is 9.97. The van der Waals surface area contributed by atoms with Crippen molar-refractivity contribution < 1.29 is 8.42 Å². The first-order valence-electron chi connectivity index (χ1n) is 6.78. The third-order valence-electron chi connectivity index (χ3n) is 3.43. The van der Waals surface area contributed by atoms with Crippen molar-refractivity contribution in [3.05, 3.63) is 35.9 Å². The van der Waals surface area contributed by atoms with Gasteiger partial charge in [0, 0.05) is 12.8 Å². The molecule has 0 amide bonds. The molecule has 0 saturated carbocycles. The highest BCUT2D eigenvalue weighted by atomic mass is 32.2. The molecule has 0 unspecified atom stereocenters. The molecule has 19 heavy (non-hydrogen) atoms. The van der Waals surface area contributed by atoms with E-state index >= 15 is 0 Å². The minimum atomic E-state index is -3.17. The van der Waals surface area contributed by atoms with Gasteiger partial charge >= 0.3 is 0 Å². The molecule has 0 atom stereocenters. The predicted molar refractivity (Wildman–Crippen MR) is 79.2 cm³/mol. The van der Waals surface area contributed by atoms with Crippen molar-refractivity contribution >= 4 is 15.5 Å². The summed E-state index contributed by atoms with van der Waals surface area (Å²) in [5, 5.41) is 3.25. The van der Waals surface area contributed by atoms with Crippen LogP contribution in [-0.4, -0.2) is 21.2 Å². The van der Waals surface area contributed by atoms with Crippen LogP contribution in [0.3, 0.4) is 0 Å². The van der Waals surface area contributed by atoms with Crippen molar-refractivity contribution in [3.63, 3.8) is 0 Å². The summed E-state index contributed by atoms with van der Waals surface area (Å²) in [5.74, 6) is 0. The van der Waals surface area contributed by atoms with Crippen LogP contribution in [0.5, 0.6) is 0 Å². The summed E-state index contributed by atoms with van der Waals surface area (Å²) in [6.45, 7) is 0.790. The maximum Gasteiger partial charge on any atom is 0.177 e.